The number of Topliss-reactive ketones (excluding diaryl/α,β-unsaturated/α-hetero) is 4. The van der Waals surface area contributed by atoms with Crippen LogP contribution in [0.2, 0.25) is 0 Å². The highest BCUT2D eigenvalue weighted by Gasteiger charge is 2.66. The molecule has 8 rings (SSSR count). The molecule has 2 fully saturated rings. The van der Waals surface area contributed by atoms with Crippen molar-refractivity contribution >= 4 is 46.5 Å². The zero-order chi connectivity index (χ0) is 48.5. The quantitative estimate of drug-likeness (QED) is 0.0950. The fraction of sp³-hybridized carbons (Fsp3) is 0.375. The predicted molar refractivity (Wildman–Crippen MR) is 236 cm³/mol. The Morgan fingerprint density at radius 1 is 0.697 bits per heavy atom. The van der Waals surface area contributed by atoms with Crippen molar-refractivity contribution in [1.29, 1.82) is 0 Å². The minimum Gasteiger partial charge on any atom is -0.508 e. The lowest BCUT2D eigenvalue weighted by atomic mass is 9.57. The van der Waals surface area contributed by atoms with Crippen LogP contribution in [-0.2, 0) is 46.3 Å². The third-order valence-corrected chi connectivity index (χ3v) is 13.6. The van der Waals surface area contributed by atoms with Gasteiger partial charge in [-0.1, -0.05) is 49.6 Å². The number of hydrogen-bond donors (Lipinski definition) is 8. The molecule has 0 aromatic heterocycles. The molecule has 2 amide bonds. The maximum atomic E-state index is 13.9. The van der Waals surface area contributed by atoms with Crippen molar-refractivity contribution in [1.82, 2.24) is 9.80 Å². The van der Waals surface area contributed by atoms with E-state index in [4.69, 9.17) is 20.9 Å². The lowest BCUT2D eigenvalue weighted by molar-refractivity contribution is -0.162. The molecular formula is C48H52N4O14. The Morgan fingerprint density at radius 2 is 1.18 bits per heavy atom. The Morgan fingerprint density at radius 3 is 1.71 bits per heavy atom. The van der Waals surface area contributed by atoms with E-state index in [0.29, 0.717) is 29.7 Å². The number of phenols is 1. The number of primary amides is 2. The third kappa shape index (κ3) is 6.94. The summed E-state index contributed by atoms with van der Waals surface area (Å²) in [6, 6.07) is 8.12. The van der Waals surface area contributed by atoms with Crippen LogP contribution in [0.15, 0.2) is 95.5 Å². The van der Waals surface area contributed by atoms with E-state index < -0.39 is 105 Å². The molecule has 6 aliphatic carbocycles. The van der Waals surface area contributed by atoms with Gasteiger partial charge in [0.05, 0.1) is 23.2 Å². The Bertz CT molecular complexity index is 2660. The summed E-state index contributed by atoms with van der Waals surface area (Å²) in [6.45, 7) is 7.42. The van der Waals surface area contributed by atoms with Crippen molar-refractivity contribution in [3.63, 3.8) is 0 Å². The van der Waals surface area contributed by atoms with Crippen molar-refractivity contribution in [2.75, 3.05) is 41.4 Å². The van der Waals surface area contributed by atoms with Crippen molar-refractivity contribution in [2.24, 2.45) is 35.1 Å². The number of aliphatic hydroxyl groups excluding tert-OH is 3. The number of aliphatic hydroxyl groups is 5. The first kappa shape index (κ1) is 47.1. The van der Waals surface area contributed by atoms with Gasteiger partial charge in [-0.3, -0.25) is 38.6 Å². The number of hydrogen-bond acceptors (Lipinski definition) is 16. The van der Waals surface area contributed by atoms with Crippen molar-refractivity contribution in [3.8, 4) is 11.5 Å². The molecule has 0 unspecified atom stereocenters. The predicted octanol–water partition coefficient (Wildman–Crippen LogP) is 1.43. The number of aromatic hydroxyl groups is 1. The average Bonchev–Trinajstić information content (AvgIpc) is 3.24. The highest BCUT2D eigenvalue weighted by atomic mass is 16.5. The van der Waals surface area contributed by atoms with E-state index in [1.807, 2.05) is 6.07 Å². The number of ether oxygens (including phenoxy) is 2. The van der Waals surface area contributed by atoms with E-state index in [1.54, 1.807) is 63.4 Å². The number of rotatable bonds is 10. The first-order chi connectivity index (χ1) is 31.1. The van der Waals surface area contributed by atoms with E-state index in [0.717, 1.165) is 5.56 Å². The lowest BCUT2D eigenvalue weighted by Crippen LogP contribution is -2.67. The van der Waals surface area contributed by atoms with Gasteiger partial charge in [-0.2, -0.15) is 0 Å². The molecule has 2 aromatic carbocycles. The van der Waals surface area contributed by atoms with Gasteiger partial charge in [0.1, 0.15) is 58.9 Å². The second-order valence-corrected chi connectivity index (χ2v) is 17.7. The maximum absolute atomic E-state index is 13.9. The highest BCUT2D eigenvalue weighted by Crippen LogP contribution is 2.54. The van der Waals surface area contributed by atoms with Crippen LogP contribution in [-0.4, -0.2) is 140 Å². The molecule has 0 spiro atoms. The number of nitrogens with two attached hydrogens (primary N) is 2. The maximum Gasteiger partial charge on any atom is 0.255 e. The number of amides is 2. The molecule has 348 valence electrons. The molecule has 0 aliphatic heterocycles. The van der Waals surface area contributed by atoms with Gasteiger partial charge in [-0.05, 0) is 89.0 Å². The van der Waals surface area contributed by atoms with Gasteiger partial charge in [0.25, 0.3) is 11.8 Å². The second-order valence-electron chi connectivity index (χ2n) is 17.7. The van der Waals surface area contributed by atoms with Crippen LogP contribution >= 0.6 is 0 Å². The molecule has 0 heterocycles. The van der Waals surface area contributed by atoms with E-state index in [1.165, 1.54) is 17.0 Å². The molecule has 18 heteroatoms. The van der Waals surface area contributed by atoms with Crippen LogP contribution in [0.1, 0.15) is 35.1 Å². The van der Waals surface area contributed by atoms with E-state index in [-0.39, 0.29) is 60.0 Å². The van der Waals surface area contributed by atoms with Crippen molar-refractivity contribution in [2.45, 2.75) is 49.0 Å². The number of likely N-dealkylation sites (N-methyl/N-ethyl adjacent to an activating group) is 2. The number of carbonyl (C=O) groups is 6. The molecule has 2 aromatic rings. The van der Waals surface area contributed by atoms with Crippen LogP contribution in [0.5, 0.6) is 11.5 Å². The molecule has 0 bridgehead atoms. The Kier molecular flexibility index (Phi) is 12.3. The molecular weight excluding hydrogens is 857 g/mol. The summed E-state index contributed by atoms with van der Waals surface area (Å²) >= 11 is 0. The van der Waals surface area contributed by atoms with E-state index in [9.17, 15) is 59.4 Å². The highest BCUT2D eigenvalue weighted by molar-refractivity contribution is 6.33. The van der Waals surface area contributed by atoms with Crippen molar-refractivity contribution in [3.05, 3.63) is 118 Å². The number of benzene rings is 2. The summed E-state index contributed by atoms with van der Waals surface area (Å²) in [5.74, 6) is -11.0. The summed E-state index contributed by atoms with van der Waals surface area (Å²) in [6.07, 6.45) is 3.96. The molecule has 10 N–H and O–H groups in total. The number of phenolic OH excluding ortho intramolecular Hbond substituents is 1. The average molecular weight is 909 g/mol. The van der Waals surface area contributed by atoms with Gasteiger partial charge >= 0.3 is 0 Å². The van der Waals surface area contributed by atoms with Crippen LogP contribution < -0.4 is 16.2 Å². The molecule has 18 nitrogen and oxygen atoms in total. The lowest BCUT2D eigenvalue weighted by Gasteiger charge is -2.50. The Labute approximate surface area is 379 Å². The monoisotopic (exact) mass is 908 g/mol. The van der Waals surface area contributed by atoms with Crippen LogP contribution in [0, 0.1) is 23.7 Å². The second kappa shape index (κ2) is 17.2. The minimum atomic E-state index is -2.60. The number of nitrogens with zero attached hydrogens (tertiary/aromatic N) is 2. The molecule has 66 heavy (non-hydrogen) atoms. The molecule has 2 saturated carbocycles. The summed E-state index contributed by atoms with van der Waals surface area (Å²) < 4.78 is 11.4. The van der Waals surface area contributed by atoms with E-state index >= 15 is 0 Å². The van der Waals surface area contributed by atoms with E-state index in [2.05, 4.69) is 13.2 Å². The summed E-state index contributed by atoms with van der Waals surface area (Å²) in [4.78, 5) is 81.4. The number of ketones is 4. The fourth-order valence-electron chi connectivity index (χ4n) is 10.9. The zero-order valence-electron chi connectivity index (χ0n) is 36.7. The zero-order valence-corrected chi connectivity index (χ0v) is 36.7. The third-order valence-electron chi connectivity index (χ3n) is 13.6. The molecule has 0 saturated heterocycles. The van der Waals surface area contributed by atoms with Gasteiger partial charge < -0.3 is 51.6 Å². The van der Waals surface area contributed by atoms with Gasteiger partial charge in [0, 0.05) is 23.0 Å². The SMILES string of the molecule is C=CCOC1=C(C(N)=O)C(=O)[C@@]2(O)C(=O)C3=C(O)c4c(cccc4OCC=C)C[C@H]3C[C@H]2[C@@H]1N(C)C.CN(C)[C@@H]1C(=O)C(C(N)=O)=C(O)[C@@]2(O)C(=O)C3=C(O)c4c(O)cccc4C[C@H]3C[C@@H]12. The topological polar surface area (TPSA) is 301 Å². The van der Waals surface area contributed by atoms with Gasteiger partial charge in [-0.25, -0.2) is 0 Å². The minimum absolute atomic E-state index is 0.000934. The summed E-state index contributed by atoms with van der Waals surface area (Å²) in [5.41, 5.74) is 5.86. The summed E-state index contributed by atoms with van der Waals surface area (Å²) in [7, 11) is 6.52. The van der Waals surface area contributed by atoms with Crippen LogP contribution in [0.3, 0.4) is 0 Å². The fourth-order valence-corrected chi connectivity index (χ4v) is 10.9. The van der Waals surface area contributed by atoms with Gasteiger partial charge in [-0.15, -0.1) is 0 Å². The Hall–Kier alpha value is -6.86. The number of carbonyl (C=O) groups excluding carboxylic acids is 6. The largest absolute Gasteiger partial charge is 0.508 e. The first-order valence-electron chi connectivity index (χ1n) is 21.1. The Balaban J connectivity index is 0.000000199. The van der Waals surface area contributed by atoms with Crippen molar-refractivity contribution < 1.29 is 68.9 Å². The van der Waals surface area contributed by atoms with Gasteiger partial charge in [0.15, 0.2) is 17.0 Å². The normalized spacial score (nSPS) is 28.9. The van der Waals surface area contributed by atoms with Crippen LogP contribution in [0.4, 0.5) is 0 Å². The first-order valence-corrected chi connectivity index (χ1v) is 21.1. The molecule has 8 atom stereocenters. The number of fused-ring (bicyclic) bond motifs is 6. The standard InChI is InChI=1S/C27H30N2O7.C21H22N2O7/c1-5-10-35-17-9-7-8-14-12-15-13-16-21(29(3)4)23(36-11-6-2)20(26(28)33)25(32)27(16,34)24(31)19(15)22(30)18(14)17;1-23(2)15-10-7-9-6-8-4-3-5-11(24)12(8)16(25)13(9)18(27)21(10,30)19(28)14(17(15)26)20(22)29/h5-9,15-16,21,30,34H,1-2,10-13H2,3-4H3,(H2,28,33);3-5,9-10,15,24-25,28,30H,6-7H2,1-2H3,(H2,22,29)/t15-,16-,21-,27-;9-,10-,15-,21-/m00/s1. The summed E-state index contributed by atoms with van der Waals surface area (Å²) in [5, 5.41) is 66.2. The molecule has 0 radical (unpaired) electrons. The molecule has 6 aliphatic rings. The smallest absolute Gasteiger partial charge is 0.255 e. The van der Waals surface area contributed by atoms with Gasteiger partial charge in [0.2, 0.25) is 17.3 Å². The van der Waals surface area contributed by atoms with Crippen LogP contribution in [0.25, 0.3) is 11.5 Å².